The molecule has 0 aromatic carbocycles. The van der Waals surface area contributed by atoms with Crippen LogP contribution in [0.1, 0.15) is 13.8 Å². The second-order valence-electron chi connectivity index (χ2n) is 2.63. The van der Waals surface area contributed by atoms with Gasteiger partial charge in [-0.05, 0) is 13.8 Å². The fourth-order valence-corrected chi connectivity index (χ4v) is 0.611. The molecule has 0 fully saturated rings. The summed E-state index contributed by atoms with van der Waals surface area (Å²) in [4.78, 5) is 32.2. The number of ketones is 1. The summed E-state index contributed by atoms with van der Waals surface area (Å²) >= 11 is 0. The van der Waals surface area contributed by atoms with Gasteiger partial charge in [-0.3, -0.25) is 4.79 Å². The van der Waals surface area contributed by atoms with Gasteiger partial charge in [0.05, 0.1) is 7.11 Å². The van der Waals surface area contributed by atoms with Gasteiger partial charge in [0.15, 0.2) is 5.78 Å². The van der Waals surface area contributed by atoms with E-state index in [1.54, 1.807) is 0 Å². The van der Waals surface area contributed by atoms with Crippen LogP contribution in [-0.2, 0) is 23.9 Å². The van der Waals surface area contributed by atoms with Gasteiger partial charge < -0.3 is 9.47 Å². The van der Waals surface area contributed by atoms with Gasteiger partial charge in [0.25, 0.3) is 0 Å². The highest BCUT2D eigenvalue weighted by Gasteiger charge is 2.07. The van der Waals surface area contributed by atoms with E-state index in [9.17, 15) is 14.4 Å². The Morgan fingerprint density at radius 1 is 1.21 bits per heavy atom. The van der Waals surface area contributed by atoms with Crippen molar-refractivity contribution in [2.45, 2.75) is 13.8 Å². The number of carbonyl (C=O) groups is 3. The van der Waals surface area contributed by atoms with Crippen LogP contribution in [0, 0.1) is 0 Å². The summed E-state index contributed by atoms with van der Waals surface area (Å²) in [5, 5.41) is 0. The minimum atomic E-state index is -0.733. The minimum Gasteiger partial charge on any atom is -0.466 e. The first-order valence-corrected chi connectivity index (χ1v) is 3.90. The van der Waals surface area contributed by atoms with Crippen LogP contribution in [0.3, 0.4) is 0 Å². The first-order chi connectivity index (χ1) is 6.47. The molecule has 0 spiro atoms. The third kappa shape index (κ3) is 5.08. The van der Waals surface area contributed by atoms with Crippen molar-refractivity contribution in [2.75, 3.05) is 13.7 Å². The Labute approximate surface area is 81.7 Å². The number of hydrogen-bond donors (Lipinski definition) is 0. The van der Waals surface area contributed by atoms with Crippen molar-refractivity contribution in [3.63, 3.8) is 0 Å². The van der Waals surface area contributed by atoms with Crippen molar-refractivity contribution in [2.24, 2.45) is 0 Å². The molecule has 0 aromatic heterocycles. The molecule has 0 atom stereocenters. The Morgan fingerprint density at radius 3 is 2.21 bits per heavy atom. The lowest BCUT2D eigenvalue weighted by Crippen LogP contribution is -2.11. The zero-order valence-corrected chi connectivity index (χ0v) is 8.33. The fraction of sp³-hybridized carbons (Fsp3) is 0.444. The average Bonchev–Trinajstić information content (AvgIpc) is 2.13. The monoisotopic (exact) mass is 200 g/mol. The molecule has 0 saturated carbocycles. The highest BCUT2D eigenvalue weighted by molar-refractivity contribution is 5.96. The first-order valence-electron chi connectivity index (χ1n) is 3.90. The summed E-state index contributed by atoms with van der Waals surface area (Å²) in [6.45, 7) is 2.43. The lowest BCUT2D eigenvalue weighted by atomic mass is 10.3. The molecule has 0 saturated heterocycles. The summed E-state index contributed by atoms with van der Waals surface area (Å²) in [5.74, 6) is -1.60. The largest absolute Gasteiger partial charge is 0.466 e. The molecule has 5 nitrogen and oxygen atoms in total. The number of rotatable bonds is 4. The van der Waals surface area contributed by atoms with Gasteiger partial charge in [-0.2, -0.15) is 0 Å². The summed E-state index contributed by atoms with van der Waals surface area (Å²) in [7, 11) is 1.21. The highest BCUT2D eigenvalue weighted by atomic mass is 16.5. The van der Waals surface area contributed by atoms with Crippen LogP contribution in [0.25, 0.3) is 0 Å². The Bertz CT molecular complexity index is 277. The summed E-state index contributed by atoms with van der Waals surface area (Å²) < 4.78 is 8.85. The zero-order chi connectivity index (χ0) is 11.1. The van der Waals surface area contributed by atoms with Crippen molar-refractivity contribution >= 4 is 17.7 Å². The highest BCUT2D eigenvalue weighted by Crippen LogP contribution is 1.96. The van der Waals surface area contributed by atoms with Crippen molar-refractivity contribution in [3.05, 3.63) is 11.6 Å². The van der Waals surface area contributed by atoms with Crippen LogP contribution < -0.4 is 0 Å². The number of carbonyl (C=O) groups excluding carboxylic acids is 3. The Balaban J connectivity index is 4.15. The molecule has 0 amide bonds. The molecule has 0 unspecified atom stereocenters. The topological polar surface area (TPSA) is 69.7 Å². The van der Waals surface area contributed by atoms with Gasteiger partial charge in [0.2, 0.25) is 0 Å². The SMILES string of the molecule is COC(=O)/C(C)=C\C(=O)OCC(C)=O. The quantitative estimate of drug-likeness (QED) is 0.480. The lowest BCUT2D eigenvalue weighted by molar-refractivity contribution is -0.143. The van der Waals surface area contributed by atoms with Crippen LogP contribution in [0.2, 0.25) is 0 Å². The van der Waals surface area contributed by atoms with Gasteiger partial charge in [-0.25, -0.2) is 9.59 Å². The van der Waals surface area contributed by atoms with E-state index < -0.39 is 11.9 Å². The maximum absolute atomic E-state index is 10.9. The minimum absolute atomic E-state index is 0.126. The molecule has 0 aliphatic carbocycles. The van der Waals surface area contributed by atoms with E-state index in [0.717, 1.165) is 6.08 Å². The third-order valence-corrected chi connectivity index (χ3v) is 1.26. The van der Waals surface area contributed by atoms with Crippen molar-refractivity contribution in [1.82, 2.24) is 0 Å². The van der Waals surface area contributed by atoms with Gasteiger partial charge in [0.1, 0.15) is 6.61 Å². The van der Waals surface area contributed by atoms with E-state index in [1.165, 1.54) is 21.0 Å². The molecule has 5 heteroatoms. The maximum Gasteiger partial charge on any atom is 0.333 e. The van der Waals surface area contributed by atoms with Crippen LogP contribution >= 0.6 is 0 Å². The molecule has 0 radical (unpaired) electrons. The molecular weight excluding hydrogens is 188 g/mol. The van der Waals surface area contributed by atoms with Crippen LogP contribution in [0.15, 0.2) is 11.6 Å². The standard InChI is InChI=1S/C9H12O5/c1-6(9(12)13-3)4-8(11)14-5-7(2)10/h4H,5H2,1-3H3/b6-4-. The number of esters is 2. The van der Waals surface area contributed by atoms with Gasteiger partial charge >= 0.3 is 11.9 Å². The summed E-state index contributed by atoms with van der Waals surface area (Å²) in [6, 6.07) is 0. The predicted octanol–water partition coefficient (Wildman–Crippen LogP) is 0.238. The van der Waals surface area contributed by atoms with E-state index in [4.69, 9.17) is 0 Å². The Hall–Kier alpha value is -1.65. The molecule has 0 rings (SSSR count). The second-order valence-corrected chi connectivity index (χ2v) is 2.63. The second kappa shape index (κ2) is 5.90. The molecule has 0 N–H and O–H groups in total. The molecule has 0 bridgehead atoms. The zero-order valence-electron chi connectivity index (χ0n) is 8.33. The summed E-state index contributed by atoms with van der Waals surface area (Å²) in [6.07, 6.45) is 0.981. The molecule has 0 heterocycles. The summed E-state index contributed by atoms with van der Waals surface area (Å²) in [5.41, 5.74) is 0.126. The van der Waals surface area contributed by atoms with Crippen molar-refractivity contribution < 1.29 is 23.9 Å². The van der Waals surface area contributed by atoms with E-state index >= 15 is 0 Å². The molecule has 0 aromatic rings. The van der Waals surface area contributed by atoms with Crippen LogP contribution in [0.4, 0.5) is 0 Å². The van der Waals surface area contributed by atoms with Crippen molar-refractivity contribution in [3.8, 4) is 0 Å². The van der Waals surface area contributed by atoms with Gasteiger partial charge in [-0.15, -0.1) is 0 Å². The first kappa shape index (κ1) is 12.3. The molecule has 14 heavy (non-hydrogen) atoms. The number of hydrogen-bond acceptors (Lipinski definition) is 5. The lowest BCUT2D eigenvalue weighted by Gasteiger charge is -1.99. The molecule has 0 aliphatic heterocycles. The fourth-order valence-electron chi connectivity index (χ4n) is 0.611. The molecular formula is C9H12O5. The van der Waals surface area contributed by atoms with Gasteiger partial charge in [0, 0.05) is 11.6 Å². The van der Waals surface area contributed by atoms with E-state index in [1.807, 2.05) is 0 Å². The predicted molar refractivity (Wildman–Crippen MR) is 47.4 cm³/mol. The van der Waals surface area contributed by atoms with Crippen LogP contribution in [0.5, 0.6) is 0 Å². The molecule has 0 aliphatic rings. The average molecular weight is 200 g/mol. The number of Topliss-reactive ketones (excluding diaryl/α,β-unsaturated/α-hetero) is 1. The third-order valence-electron chi connectivity index (χ3n) is 1.26. The van der Waals surface area contributed by atoms with Crippen molar-refractivity contribution in [1.29, 1.82) is 0 Å². The Kier molecular flexibility index (Phi) is 5.21. The molecule has 78 valence electrons. The number of methoxy groups -OCH3 is 1. The maximum atomic E-state index is 10.9. The van der Waals surface area contributed by atoms with E-state index in [0.29, 0.717) is 0 Å². The van der Waals surface area contributed by atoms with Crippen LogP contribution in [-0.4, -0.2) is 31.4 Å². The number of ether oxygens (including phenoxy) is 2. The Morgan fingerprint density at radius 2 is 1.79 bits per heavy atom. The normalized spacial score (nSPS) is 10.6. The smallest absolute Gasteiger partial charge is 0.333 e. The van der Waals surface area contributed by atoms with E-state index in [2.05, 4.69) is 9.47 Å². The van der Waals surface area contributed by atoms with E-state index in [-0.39, 0.29) is 18.0 Å². The van der Waals surface area contributed by atoms with Gasteiger partial charge in [-0.1, -0.05) is 0 Å².